The lowest BCUT2D eigenvalue weighted by Crippen LogP contribution is -2.17. The normalized spacial score (nSPS) is 12.3. The fraction of sp³-hybridized carbons (Fsp3) is 0.0526. The van der Waals surface area contributed by atoms with Gasteiger partial charge in [-0.05, 0) is 60.2 Å². The molecule has 2 N–H and O–H groups in total. The number of sulfone groups is 1. The second kappa shape index (κ2) is 7.35. The van der Waals surface area contributed by atoms with Crippen LogP contribution in [0.25, 0.3) is 0 Å². The summed E-state index contributed by atoms with van der Waals surface area (Å²) in [5.74, 6) is -0.646. The van der Waals surface area contributed by atoms with E-state index in [9.17, 15) is 12.8 Å². The van der Waals surface area contributed by atoms with E-state index in [1.165, 1.54) is 54.7 Å². The van der Waals surface area contributed by atoms with E-state index in [0.29, 0.717) is 5.02 Å². The Morgan fingerprint density at radius 1 is 1.11 bits per heavy atom. The number of aromatic nitrogens is 1. The van der Waals surface area contributed by atoms with Crippen molar-refractivity contribution in [2.45, 2.75) is 10.1 Å². The number of hydrogen-bond acceptors (Lipinski definition) is 5. The summed E-state index contributed by atoms with van der Waals surface area (Å²) in [7, 11) is -4.08. The second-order valence-corrected chi connectivity index (χ2v) is 8.21. The predicted molar refractivity (Wildman–Crippen MR) is 100 cm³/mol. The molecule has 0 bridgehead atoms. The summed E-state index contributed by atoms with van der Waals surface area (Å²) in [6, 6.07) is 13.9. The van der Waals surface area contributed by atoms with Crippen molar-refractivity contribution >= 4 is 27.3 Å². The first-order valence-electron chi connectivity index (χ1n) is 7.73. The number of nitriles is 1. The summed E-state index contributed by atoms with van der Waals surface area (Å²) in [5.41, 5.74) is 5.94. The molecule has 8 heteroatoms. The van der Waals surface area contributed by atoms with Crippen LogP contribution in [0.2, 0.25) is 5.02 Å². The number of anilines is 1. The molecule has 0 saturated heterocycles. The van der Waals surface area contributed by atoms with Crippen LogP contribution in [0, 0.1) is 17.1 Å². The zero-order valence-corrected chi connectivity index (χ0v) is 15.4. The van der Waals surface area contributed by atoms with Crippen LogP contribution in [0.4, 0.5) is 10.2 Å². The molecule has 3 rings (SSSR count). The van der Waals surface area contributed by atoms with Gasteiger partial charge in [0.05, 0.1) is 16.5 Å². The van der Waals surface area contributed by atoms with Gasteiger partial charge in [-0.15, -0.1) is 0 Å². The van der Waals surface area contributed by atoms with E-state index in [1.54, 1.807) is 0 Å². The first kappa shape index (κ1) is 18.8. The highest BCUT2D eigenvalue weighted by Gasteiger charge is 2.33. The minimum Gasteiger partial charge on any atom is -0.384 e. The van der Waals surface area contributed by atoms with Crippen molar-refractivity contribution < 1.29 is 12.8 Å². The number of pyridine rings is 1. The third-order valence-electron chi connectivity index (χ3n) is 3.97. The zero-order chi connectivity index (χ0) is 19.6. The number of nitrogen functional groups attached to an aromatic ring is 1. The zero-order valence-electron chi connectivity index (χ0n) is 13.8. The summed E-state index contributed by atoms with van der Waals surface area (Å²) >= 11 is 5.85. The fourth-order valence-corrected chi connectivity index (χ4v) is 4.66. The maximum atomic E-state index is 14.6. The van der Waals surface area contributed by atoms with E-state index in [2.05, 4.69) is 4.98 Å². The molecule has 5 nitrogen and oxygen atoms in total. The molecule has 27 heavy (non-hydrogen) atoms. The van der Waals surface area contributed by atoms with Gasteiger partial charge in [-0.3, -0.25) is 0 Å². The van der Waals surface area contributed by atoms with Crippen molar-refractivity contribution in [1.82, 2.24) is 4.98 Å². The molecule has 2 aromatic carbocycles. The molecule has 0 amide bonds. The van der Waals surface area contributed by atoms with Gasteiger partial charge in [0, 0.05) is 16.8 Å². The summed E-state index contributed by atoms with van der Waals surface area (Å²) in [6.45, 7) is 0. The van der Waals surface area contributed by atoms with Gasteiger partial charge in [0.1, 0.15) is 16.9 Å². The molecular formula is C19H13ClFN3O2S. The number of benzene rings is 2. The number of hydrogen-bond donors (Lipinski definition) is 1. The topological polar surface area (TPSA) is 96.8 Å². The standard InChI is InChI=1S/C19H13ClFN3O2S/c20-14-2-4-15(5-3-14)27(25,26)19(13-7-8-24-18(23)10-13)16-9-12(11-22)1-6-17(16)21/h1-10,19H,(H2,23,24). The summed E-state index contributed by atoms with van der Waals surface area (Å²) < 4.78 is 41.3. The average Bonchev–Trinajstić information content (AvgIpc) is 2.64. The highest BCUT2D eigenvalue weighted by atomic mass is 35.5. The van der Waals surface area contributed by atoms with Crippen LogP contribution in [-0.2, 0) is 9.84 Å². The van der Waals surface area contributed by atoms with Gasteiger partial charge < -0.3 is 5.73 Å². The van der Waals surface area contributed by atoms with Gasteiger partial charge in [0.15, 0.2) is 9.84 Å². The van der Waals surface area contributed by atoms with Crippen LogP contribution in [0.3, 0.4) is 0 Å². The number of nitrogens with zero attached hydrogens (tertiary/aromatic N) is 2. The van der Waals surface area contributed by atoms with Crippen molar-refractivity contribution in [3.05, 3.63) is 88.3 Å². The molecule has 0 radical (unpaired) electrons. The van der Waals surface area contributed by atoms with Gasteiger partial charge in [-0.25, -0.2) is 17.8 Å². The highest BCUT2D eigenvalue weighted by Crippen LogP contribution is 2.37. The van der Waals surface area contributed by atoms with E-state index in [-0.39, 0.29) is 27.4 Å². The molecular weight excluding hydrogens is 389 g/mol. The van der Waals surface area contributed by atoms with Crippen LogP contribution in [0.15, 0.2) is 65.7 Å². The molecule has 0 aliphatic rings. The Balaban J connectivity index is 2.29. The highest BCUT2D eigenvalue weighted by molar-refractivity contribution is 7.91. The molecule has 1 heterocycles. The maximum Gasteiger partial charge on any atom is 0.189 e. The SMILES string of the molecule is N#Cc1ccc(F)c(C(c2ccnc(N)c2)S(=O)(=O)c2ccc(Cl)cc2)c1. The lowest BCUT2D eigenvalue weighted by atomic mass is 10.0. The quantitative estimate of drug-likeness (QED) is 0.715. The average molecular weight is 402 g/mol. The fourth-order valence-electron chi connectivity index (χ4n) is 2.73. The van der Waals surface area contributed by atoms with E-state index in [0.717, 1.165) is 6.07 Å². The summed E-state index contributed by atoms with van der Waals surface area (Å²) in [5, 5.41) is 8.10. The molecule has 0 aliphatic heterocycles. The summed E-state index contributed by atoms with van der Waals surface area (Å²) in [4.78, 5) is 3.82. The molecule has 0 spiro atoms. The van der Waals surface area contributed by atoms with Crippen molar-refractivity contribution in [2.24, 2.45) is 0 Å². The number of nitrogens with two attached hydrogens (primary N) is 1. The Hall–Kier alpha value is -2.95. The Kier molecular flexibility index (Phi) is 5.13. The molecule has 0 saturated carbocycles. The monoisotopic (exact) mass is 401 g/mol. The van der Waals surface area contributed by atoms with Gasteiger partial charge in [-0.1, -0.05) is 11.6 Å². The molecule has 136 valence electrons. The second-order valence-electron chi connectivity index (χ2n) is 5.74. The van der Waals surface area contributed by atoms with E-state index < -0.39 is 20.9 Å². The smallest absolute Gasteiger partial charge is 0.189 e. The van der Waals surface area contributed by atoms with Crippen LogP contribution in [0.1, 0.15) is 21.9 Å². The predicted octanol–water partition coefficient (Wildman–Crippen LogP) is 3.89. The van der Waals surface area contributed by atoms with Crippen LogP contribution in [0.5, 0.6) is 0 Å². The van der Waals surface area contributed by atoms with E-state index in [4.69, 9.17) is 22.6 Å². The Morgan fingerprint density at radius 3 is 2.44 bits per heavy atom. The van der Waals surface area contributed by atoms with Crippen LogP contribution in [-0.4, -0.2) is 13.4 Å². The van der Waals surface area contributed by atoms with Gasteiger partial charge in [0.2, 0.25) is 0 Å². The van der Waals surface area contributed by atoms with Crippen molar-refractivity contribution in [3.63, 3.8) is 0 Å². The molecule has 0 fully saturated rings. The minimum absolute atomic E-state index is 0.0333. The van der Waals surface area contributed by atoms with Gasteiger partial charge in [-0.2, -0.15) is 5.26 Å². The first-order valence-corrected chi connectivity index (χ1v) is 9.66. The Morgan fingerprint density at radius 2 is 1.81 bits per heavy atom. The third kappa shape index (κ3) is 3.77. The minimum atomic E-state index is -4.08. The molecule has 0 aliphatic carbocycles. The van der Waals surface area contributed by atoms with E-state index >= 15 is 0 Å². The number of rotatable bonds is 4. The third-order valence-corrected chi connectivity index (χ3v) is 6.30. The van der Waals surface area contributed by atoms with Gasteiger partial charge in [0.25, 0.3) is 0 Å². The van der Waals surface area contributed by atoms with Crippen LogP contribution >= 0.6 is 11.6 Å². The first-order chi connectivity index (χ1) is 12.8. The Bertz CT molecular complexity index is 1140. The molecule has 1 unspecified atom stereocenters. The van der Waals surface area contributed by atoms with Crippen LogP contribution < -0.4 is 5.73 Å². The van der Waals surface area contributed by atoms with Crippen molar-refractivity contribution in [2.75, 3.05) is 5.73 Å². The number of halogens is 2. The van der Waals surface area contributed by atoms with Crippen molar-refractivity contribution in [3.8, 4) is 6.07 Å². The molecule has 1 aromatic heterocycles. The largest absolute Gasteiger partial charge is 0.384 e. The van der Waals surface area contributed by atoms with E-state index in [1.807, 2.05) is 6.07 Å². The lowest BCUT2D eigenvalue weighted by Gasteiger charge is -2.20. The summed E-state index contributed by atoms with van der Waals surface area (Å²) in [6.07, 6.45) is 1.35. The maximum absolute atomic E-state index is 14.6. The van der Waals surface area contributed by atoms with Crippen molar-refractivity contribution in [1.29, 1.82) is 5.26 Å². The van der Waals surface area contributed by atoms with Gasteiger partial charge >= 0.3 is 0 Å². The molecule has 3 aromatic rings. The lowest BCUT2D eigenvalue weighted by molar-refractivity contribution is 0.578. The molecule has 1 atom stereocenters. The Labute approximate surface area is 160 Å².